The van der Waals surface area contributed by atoms with Crippen molar-refractivity contribution >= 4 is 38.9 Å². The van der Waals surface area contributed by atoms with Crippen molar-refractivity contribution in [2.24, 2.45) is 7.05 Å². The van der Waals surface area contributed by atoms with Crippen LogP contribution in [-0.2, 0) is 7.05 Å². The molecule has 160 valence electrons. The predicted octanol–water partition coefficient (Wildman–Crippen LogP) is 4.33. The number of pyridine rings is 1. The summed E-state index contributed by atoms with van der Waals surface area (Å²) in [5.74, 6) is -0.443. The van der Waals surface area contributed by atoms with Crippen molar-refractivity contribution in [3.63, 3.8) is 0 Å². The maximum Gasteiger partial charge on any atom is 0.153 e. The molecule has 0 aliphatic carbocycles. The number of halogens is 2. The van der Waals surface area contributed by atoms with Crippen LogP contribution in [0.4, 0.5) is 26.0 Å². The number of aryl methyl sites for hydroxylation is 1. The quantitative estimate of drug-likeness (QED) is 0.515. The highest BCUT2D eigenvalue weighted by molar-refractivity contribution is 5.96. The van der Waals surface area contributed by atoms with E-state index in [0.29, 0.717) is 39.9 Å². The highest BCUT2D eigenvalue weighted by atomic mass is 19.1. The van der Waals surface area contributed by atoms with Crippen LogP contribution < -0.4 is 15.5 Å². The molecule has 5 rings (SSSR count). The summed E-state index contributed by atoms with van der Waals surface area (Å²) in [4.78, 5) is 6.53. The Morgan fingerprint density at radius 1 is 1.03 bits per heavy atom. The van der Waals surface area contributed by atoms with Crippen LogP contribution in [0.3, 0.4) is 0 Å². The van der Waals surface area contributed by atoms with Gasteiger partial charge in [-0.05, 0) is 49.6 Å². The Morgan fingerprint density at radius 3 is 2.58 bits per heavy atom. The molecule has 2 N–H and O–H groups in total. The number of rotatable bonds is 3. The first-order valence-electron chi connectivity index (χ1n) is 10.4. The van der Waals surface area contributed by atoms with E-state index in [9.17, 15) is 4.39 Å². The lowest BCUT2D eigenvalue weighted by atomic mass is 10.1. The summed E-state index contributed by atoms with van der Waals surface area (Å²) in [6.45, 7) is 5.89. The Bertz CT molecular complexity index is 1270. The molecule has 1 aliphatic heterocycles. The first-order valence-corrected chi connectivity index (χ1v) is 10.4. The fourth-order valence-corrected chi connectivity index (χ4v) is 4.49. The largest absolute Gasteiger partial charge is 0.368 e. The lowest BCUT2D eigenvalue weighted by Gasteiger charge is -2.37. The maximum absolute atomic E-state index is 15.3. The van der Waals surface area contributed by atoms with Gasteiger partial charge in [-0.15, -0.1) is 0 Å². The van der Waals surface area contributed by atoms with E-state index in [-0.39, 0.29) is 5.82 Å². The Kier molecular flexibility index (Phi) is 4.74. The SMILES string of the molecule is CC1CN(c2cc(F)c3c(Nc4cc(F)c5nn(C)cc5c4)nccc3c2)CC(C)N1. The molecule has 4 aromatic rings. The Hall–Kier alpha value is -3.26. The van der Waals surface area contributed by atoms with E-state index < -0.39 is 5.82 Å². The van der Waals surface area contributed by atoms with Crippen molar-refractivity contribution < 1.29 is 8.78 Å². The molecule has 0 radical (unpaired) electrons. The molecular formula is C23H24F2N6. The van der Waals surface area contributed by atoms with Crippen molar-refractivity contribution in [1.82, 2.24) is 20.1 Å². The van der Waals surface area contributed by atoms with Crippen molar-refractivity contribution in [2.45, 2.75) is 25.9 Å². The van der Waals surface area contributed by atoms with E-state index in [1.54, 1.807) is 42.3 Å². The molecule has 2 atom stereocenters. The van der Waals surface area contributed by atoms with Crippen LogP contribution in [0.15, 0.2) is 42.7 Å². The summed E-state index contributed by atoms with van der Waals surface area (Å²) in [6.07, 6.45) is 3.37. The molecule has 2 aromatic carbocycles. The number of benzene rings is 2. The number of nitrogens with one attached hydrogen (secondary N) is 2. The first kappa shape index (κ1) is 19.7. The topological polar surface area (TPSA) is 58.0 Å². The van der Waals surface area contributed by atoms with Gasteiger partial charge in [-0.2, -0.15) is 5.10 Å². The molecule has 31 heavy (non-hydrogen) atoms. The van der Waals surface area contributed by atoms with Gasteiger partial charge in [0.25, 0.3) is 0 Å². The molecule has 0 bridgehead atoms. The number of nitrogens with zero attached hydrogens (tertiary/aromatic N) is 4. The van der Waals surface area contributed by atoms with Gasteiger partial charge in [0.05, 0.1) is 5.39 Å². The van der Waals surface area contributed by atoms with E-state index in [1.165, 1.54) is 6.07 Å². The Balaban J connectivity index is 1.53. The molecule has 3 heterocycles. The zero-order chi connectivity index (χ0) is 21.7. The zero-order valence-corrected chi connectivity index (χ0v) is 17.7. The van der Waals surface area contributed by atoms with Crippen molar-refractivity contribution in [3.8, 4) is 0 Å². The number of piperazine rings is 1. The first-order chi connectivity index (χ1) is 14.9. The zero-order valence-electron chi connectivity index (χ0n) is 17.7. The van der Waals surface area contributed by atoms with Crippen LogP contribution in [0, 0.1) is 11.6 Å². The highest BCUT2D eigenvalue weighted by Gasteiger charge is 2.22. The number of hydrogen-bond donors (Lipinski definition) is 2. The van der Waals surface area contributed by atoms with E-state index in [4.69, 9.17) is 0 Å². The van der Waals surface area contributed by atoms with Gasteiger partial charge in [0.1, 0.15) is 17.2 Å². The molecule has 8 heteroatoms. The van der Waals surface area contributed by atoms with E-state index in [2.05, 4.69) is 39.5 Å². The lowest BCUT2D eigenvalue weighted by molar-refractivity contribution is 0.407. The molecule has 2 aromatic heterocycles. The van der Waals surface area contributed by atoms with E-state index >= 15 is 4.39 Å². The summed E-state index contributed by atoms with van der Waals surface area (Å²) in [7, 11) is 1.74. The van der Waals surface area contributed by atoms with Gasteiger partial charge in [0.15, 0.2) is 5.82 Å². The molecule has 2 unspecified atom stereocenters. The van der Waals surface area contributed by atoms with E-state index in [1.807, 2.05) is 6.07 Å². The monoisotopic (exact) mass is 422 g/mol. The minimum Gasteiger partial charge on any atom is -0.368 e. The fraction of sp³-hybridized carbons (Fsp3) is 0.304. The molecular weight excluding hydrogens is 398 g/mol. The van der Waals surface area contributed by atoms with E-state index in [0.717, 1.165) is 24.2 Å². The van der Waals surface area contributed by atoms with Gasteiger partial charge in [-0.25, -0.2) is 13.8 Å². The molecule has 0 spiro atoms. The third-order valence-corrected chi connectivity index (χ3v) is 5.66. The highest BCUT2D eigenvalue weighted by Crippen LogP contribution is 2.32. The molecule has 1 aliphatic rings. The summed E-state index contributed by atoms with van der Waals surface area (Å²) in [5, 5.41) is 12.5. The average molecular weight is 422 g/mol. The van der Waals surface area contributed by atoms with Gasteiger partial charge < -0.3 is 15.5 Å². The Morgan fingerprint density at radius 2 is 1.81 bits per heavy atom. The summed E-state index contributed by atoms with van der Waals surface area (Å²) >= 11 is 0. The minimum atomic E-state index is -0.439. The van der Waals surface area contributed by atoms with Gasteiger partial charge >= 0.3 is 0 Å². The fourth-order valence-electron chi connectivity index (χ4n) is 4.49. The van der Waals surface area contributed by atoms with Crippen molar-refractivity contribution in [3.05, 3.63) is 54.4 Å². The van der Waals surface area contributed by atoms with Gasteiger partial charge in [-0.1, -0.05) is 0 Å². The van der Waals surface area contributed by atoms with Gasteiger partial charge in [0, 0.05) is 61.4 Å². The van der Waals surface area contributed by atoms with Crippen LogP contribution in [0.2, 0.25) is 0 Å². The number of aromatic nitrogens is 3. The standard InChI is InChI=1S/C23H24F2N6/c1-13-10-31(11-14(2)27-13)18-7-15-4-5-26-23(21(15)19(24)9-18)28-17-6-16-12-30(3)29-22(16)20(25)8-17/h4-9,12-14,27H,10-11H2,1-3H3,(H,26,28). The van der Waals surface area contributed by atoms with Crippen LogP contribution >= 0.6 is 0 Å². The molecule has 6 nitrogen and oxygen atoms in total. The van der Waals surface area contributed by atoms with Crippen LogP contribution in [-0.4, -0.2) is 39.9 Å². The second-order valence-electron chi connectivity index (χ2n) is 8.38. The summed E-state index contributed by atoms with van der Waals surface area (Å²) in [6, 6.07) is 9.13. The smallest absolute Gasteiger partial charge is 0.153 e. The number of fused-ring (bicyclic) bond motifs is 2. The molecule has 1 saturated heterocycles. The van der Waals surface area contributed by atoms with Gasteiger partial charge in [-0.3, -0.25) is 4.68 Å². The van der Waals surface area contributed by atoms with Crippen molar-refractivity contribution in [2.75, 3.05) is 23.3 Å². The normalized spacial score (nSPS) is 19.3. The summed E-state index contributed by atoms with van der Waals surface area (Å²) in [5.41, 5.74) is 1.64. The number of hydrogen-bond acceptors (Lipinski definition) is 5. The van der Waals surface area contributed by atoms with Crippen LogP contribution in [0.1, 0.15) is 13.8 Å². The van der Waals surface area contributed by atoms with Crippen molar-refractivity contribution in [1.29, 1.82) is 0 Å². The lowest BCUT2D eigenvalue weighted by Crippen LogP contribution is -2.54. The van der Waals surface area contributed by atoms with Crippen LogP contribution in [0.5, 0.6) is 0 Å². The maximum atomic E-state index is 15.3. The van der Waals surface area contributed by atoms with Gasteiger partial charge in [0.2, 0.25) is 0 Å². The molecule has 1 fully saturated rings. The summed E-state index contributed by atoms with van der Waals surface area (Å²) < 4.78 is 31.3. The van der Waals surface area contributed by atoms with Crippen LogP contribution in [0.25, 0.3) is 21.7 Å². The number of anilines is 3. The average Bonchev–Trinajstić information content (AvgIpc) is 3.08. The second-order valence-corrected chi connectivity index (χ2v) is 8.38. The minimum absolute atomic E-state index is 0.300. The third kappa shape index (κ3) is 3.67. The third-order valence-electron chi connectivity index (χ3n) is 5.66. The Labute approximate surface area is 178 Å². The predicted molar refractivity (Wildman–Crippen MR) is 120 cm³/mol. The molecule has 0 saturated carbocycles. The second kappa shape index (κ2) is 7.46. The molecule has 0 amide bonds.